The van der Waals surface area contributed by atoms with Gasteiger partial charge in [-0.3, -0.25) is 0 Å². The number of hydrogen-bond donors (Lipinski definition) is 0. The molecular weight excluding hydrogens is 210 g/mol. The second-order valence-corrected chi connectivity index (χ2v) is 6.96. The largest absolute Gasteiger partial charge is 0.150 e. The van der Waals surface area contributed by atoms with Gasteiger partial charge in [-0.15, -0.1) is 0 Å². The zero-order valence-electron chi connectivity index (χ0n) is 10.9. The second kappa shape index (κ2) is 4.37. The van der Waals surface area contributed by atoms with E-state index in [0.29, 0.717) is 10.8 Å². The van der Waals surface area contributed by atoms with Gasteiger partial charge in [-0.05, 0) is 55.8 Å². The molecule has 1 atom stereocenters. The second-order valence-electron chi connectivity index (χ2n) is 6.96. The Hall–Kier alpha value is -0.400. The van der Waals surface area contributed by atoms with Crippen molar-refractivity contribution in [1.82, 2.24) is 0 Å². The molecule has 0 aliphatic heterocycles. The summed E-state index contributed by atoms with van der Waals surface area (Å²) in [5, 5.41) is 3.59. The lowest BCUT2D eigenvalue weighted by Gasteiger charge is -2.49. The van der Waals surface area contributed by atoms with Crippen LogP contribution >= 0.6 is 0 Å². The minimum Gasteiger partial charge on any atom is -0.150 e. The predicted molar refractivity (Wildman–Crippen MR) is 69.9 cm³/mol. The summed E-state index contributed by atoms with van der Waals surface area (Å²) in [6.45, 7) is 0. The first-order chi connectivity index (χ1) is 8.29. The molecule has 3 saturated carbocycles. The van der Waals surface area contributed by atoms with E-state index in [4.69, 9.17) is 0 Å². The van der Waals surface area contributed by atoms with Crippen LogP contribution in [0.1, 0.15) is 77.0 Å². The van der Waals surface area contributed by atoms with Crippen molar-refractivity contribution in [2.24, 2.45) is 16.0 Å². The molecule has 3 aliphatic rings. The standard InChI is InChI=1S/C15H25NO/c17-16-13-12-14(6-4-5-7-14)10-11-15(13)8-2-1-3-9-15/h13H,1-12H2. The topological polar surface area (TPSA) is 29.4 Å². The number of hydrogen-bond acceptors (Lipinski definition) is 2. The summed E-state index contributed by atoms with van der Waals surface area (Å²) in [5.74, 6) is 0. The zero-order valence-corrected chi connectivity index (χ0v) is 10.9. The van der Waals surface area contributed by atoms with E-state index in [9.17, 15) is 4.91 Å². The first-order valence-corrected chi connectivity index (χ1v) is 7.61. The Kier molecular flexibility index (Phi) is 3.00. The van der Waals surface area contributed by atoms with Crippen LogP contribution in [-0.4, -0.2) is 6.04 Å². The maximum Gasteiger partial charge on any atom is 0.0981 e. The number of nitrogens with zero attached hydrogens (tertiary/aromatic N) is 1. The molecule has 0 bridgehead atoms. The predicted octanol–water partition coefficient (Wildman–Crippen LogP) is 4.82. The highest BCUT2D eigenvalue weighted by Gasteiger charge is 2.50. The normalized spacial score (nSPS) is 35.2. The van der Waals surface area contributed by atoms with E-state index in [2.05, 4.69) is 5.18 Å². The van der Waals surface area contributed by atoms with Crippen LogP contribution in [0.4, 0.5) is 0 Å². The van der Waals surface area contributed by atoms with Gasteiger partial charge in [0.05, 0.1) is 6.04 Å². The fourth-order valence-electron chi connectivity index (χ4n) is 4.98. The van der Waals surface area contributed by atoms with E-state index in [1.165, 1.54) is 70.6 Å². The van der Waals surface area contributed by atoms with Crippen molar-refractivity contribution in [3.05, 3.63) is 4.91 Å². The lowest BCUT2D eigenvalue weighted by Crippen LogP contribution is -2.44. The molecule has 0 aromatic carbocycles. The summed E-state index contributed by atoms with van der Waals surface area (Å²) < 4.78 is 0. The average Bonchev–Trinajstić information content (AvgIpc) is 2.83. The molecule has 0 heterocycles. The average molecular weight is 235 g/mol. The number of nitroso groups, excluding NO2 is 1. The minimum atomic E-state index is 0.148. The van der Waals surface area contributed by atoms with Gasteiger partial charge in [0.25, 0.3) is 0 Å². The molecular formula is C15H25NO. The van der Waals surface area contributed by atoms with Gasteiger partial charge in [-0.1, -0.05) is 37.3 Å². The van der Waals surface area contributed by atoms with Gasteiger partial charge in [0.15, 0.2) is 0 Å². The zero-order chi connectivity index (χ0) is 11.8. The van der Waals surface area contributed by atoms with Crippen molar-refractivity contribution >= 4 is 0 Å². The van der Waals surface area contributed by atoms with E-state index < -0.39 is 0 Å². The molecule has 0 radical (unpaired) electrons. The summed E-state index contributed by atoms with van der Waals surface area (Å²) in [6, 6.07) is 0.148. The molecule has 3 rings (SSSR count). The Morgan fingerprint density at radius 3 is 2.06 bits per heavy atom. The first-order valence-electron chi connectivity index (χ1n) is 7.61. The lowest BCUT2D eigenvalue weighted by atomic mass is 9.56. The molecule has 0 aromatic heterocycles. The van der Waals surface area contributed by atoms with Gasteiger partial charge in [0, 0.05) is 0 Å². The maximum atomic E-state index is 11.3. The van der Waals surface area contributed by atoms with Crippen molar-refractivity contribution in [2.45, 2.75) is 83.1 Å². The summed E-state index contributed by atoms with van der Waals surface area (Å²) in [4.78, 5) is 11.3. The third-order valence-corrected chi connectivity index (χ3v) is 6.13. The molecule has 0 saturated heterocycles. The van der Waals surface area contributed by atoms with E-state index in [0.717, 1.165) is 6.42 Å². The smallest absolute Gasteiger partial charge is 0.0981 e. The highest BCUT2D eigenvalue weighted by atomic mass is 16.3. The summed E-state index contributed by atoms with van der Waals surface area (Å²) in [6.07, 6.45) is 15.9. The quantitative estimate of drug-likeness (QED) is 0.599. The van der Waals surface area contributed by atoms with Gasteiger partial charge < -0.3 is 0 Å². The van der Waals surface area contributed by atoms with Gasteiger partial charge in [-0.2, -0.15) is 4.91 Å². The van der Waals surface area contributed by atoms with Crippen LogP contribution in [0.25, 0.3) is 0 Å². The third kappa shape index (κ3) is 1.94. The lowest BCUT2D eigenvalue weighted by molar-refractivity contribution is 0.0263. The van der Waals surface area contributed by atoms with Crippen LogP contribution in [0.15, 0.2) is 5.18 Å². The third-order valence-electron chi connectivity index (χ3n) is 6.13. The Labute approximate surface area is 105 Å². The fourth-order valence-corrected chi connectivity index (χ4v) is 4.98. The van der Waals surface area contributed by atoms with Gasteiger partial charge in [0.2, 0.25) is 0 Å². The maximum absolute atomic E-state index is 11.3. The van der Waals surface area contributed by atoms with Crippen molar-refractivity contribution in [1.29, 1.82) is 0 Å². The van der Waals surface area contributed by atoms with Gasteiger partial charge >= 0.3 is 0 Å². The molecule has 2 nitrogen and oxygen atoms in total. The van der Waals surface area contributed by atoms with Crippen molar-refractivity contribution in [2.75, 3.05) is 0 Å². The molecule has 1 unspecified atom stereocenters. The van der Waals surface area contributed by atoms with Gasteiger partial charge in [0.1, 0.15) is 0 Å². The van der Waals surface area contributed by atoms with E-state index in [-0.39, 0.29) is 6.04 Å². The Morgan fingerprint density at radius 2 is 1.41 bits per heavy atom. The number of rotatable bonds is 1. The molecule has 0 aromatic rings. The van der Waals surface area contributed by atoms with Gasteiger partial charge in [-0.25, -0.2) is 0 Å². The van der Waals surface area contributed by atoms with Crippen LogP contribution in [0.5, 0.6) is 0 Å². The fraction of sp³-hybridized carbons (Fsp3) is 1.00. The molecule has 3 aliphatic carbocycles. The van der Waals surface area contributed by atoms with E-state index >= 15 is 0 Å². The summed E-state index contributed by atoms with van der Waals surface area (Å²) >= 11 is 0. The van der Waals surface area contributed by atoms with Crippen molar-refractivity contribution in [3.8, 4) is 0 Å². The highest BCUT2D eigenvalue weighted by Crippen LogP contribution is 2.58. The first kappa shape index (κ1) is 11.7. The molecule has 3 fully saturated rings. The molecule has 2 spiro atoms. The molecule has 0 amide bonds. The van der Waals surface area contributed by atoms with Crippen LogP contribution in [0.2, 0.25) is 0 Å². The summed E-state index contributed by atoms with van der Waals surface area (Å²) in [7, 11) is 0. The monoisotopic (exact) mass is 235 g/mol. The minimum absolute atomic E-state index is 0.148. The Balaban J connectivity index is 1.77. The van der Waals surface area contributed by atoms with E-state index in [1.54, 1.807) is 0 Å². The Morgan fingerprint density at radius 1 is 0.765 bits per heavy atom. The molecule has 96 valence electrons. The van der Waals surface area contributed by atoms with E-state index in [1.807, 2.05) is 0 Å². The molecule has 2 heteroatoms. The molecule has 17 heavy (non-hydrogen) atoms. The van der Waals surface area contributed by atoms with Crippen LogP contribution in [0.3, 0.4) is 0 Å². The molecule has 0 N–H and O–H groups in total. The summed E-state index contributed by atoms with van der Waals surface area (Å²) in [5.41, 5.74) is 0.856. The van der Waals surface area contributed by atoms with Crippen molar-refractivity contribution < 1.29 is 0 Å². The van der Waals surface area contributed by atoms with Crippen LogP contribution < -0.4 is 0 Å². The van der Waals surface area contributed by atoms with Crippen LogP contribution in [0, 0.1) is 15.7 Å². The van der Waals surface area contributed by atoms with Crippen LogP contribution in [-0.2, 0) is 0 Å². The van der Waals surface area contributed by atoms with Crippen molar-refractivity contribution in [3.63, 3.8) is 0 Å². The Bertz CT molecular complexity index is 287. The SMILES string of the molecule is O=NC1CC2(CCCC2)CCC12CCCCC2. The highest BCUT2D eigenvalue weighted by molar-refractivity contribution is 5.03.